The molecule has 202 valence electrons. The molecule has 0 spiro atoms. The standard InChI is InChI=1S/C31H32ClN3O4/c1-2-18-33-29(37)27(20-22-11-4-3-5-12-22)35(21-23-13-6-9-16-26(23)32)28(36)17-10-19-34-30(38)24-14-7-8-15-25(24)31(34)39/h3-9,11-16,27H,2,10,17-21H2,1H3,(H,33,37)/t27-/m1/s1. The highest BCUT2D eigenvalue weighted by Gasteiger charge is 2.35. The number of benzene rings is 3. The molecule has 0 saturated heterocycles. The Balaban J connectivity index is 1.54. The second-order valence-electron chi connectivity index (χ2n) is 9.52. The van der Waals surface area contributed by atoms with Crippen molar-refractivity contribution in [3.63, 3.8) is 0 Å². The highest BCUT2D eigenvalue weighted by Crippen LogP contribution is 2.24. The van der Waals surface area contributed by atoms with Crippen LogP contribution >= 0.6 is 11.6 Å². The summed E-state index contributed by atoms with van der Waals surface area (Å²) < 4.78 is 0. The van der Waals surface area contributed by atoms with E-state index >= 15 is 0 Å². The van der Waals surface area contributed by atoms with Crippen molar-refractivity contribution in [2.24, 2.45) is 0 Å². The number of rotatable bonds is 12. The van der Waals surface area contributed by atoms with Gasteiger partial charge in [0.2, 0.25) is 11.8 Å². The van der Waals surface area contributed by atoms with E-state index in [4.69, 9.17) is 11.6 Å². The van der Waals surface area contributed by atoms with Crippen molar-refractivity contribution in [3.8, 4) is 0 Å². The monoisotopic (exact) mass is 545 g/mol. The Morgan fingerprint density at radius 2 is 1.51 bits per heavy atom. The molecule has 1 aliphatic heterocycles. The zero-order chi connectivity index (χ0) is 27.8. The van der Waals surface area contributed by atoms with Gasteiger partial charge < -0.3 is 10.2 Å². The van der Waals surface area contributed by atoms with E-state index in [0.29, 0.717) is 29.1 Å². The molecule has 0 saturated carbocycles. The summed E-state index contributed by atoms with van der Waals surface area (Å²) in [7, 11) is 0. The Morgan fingerprint density at radius 3 is 2.15 bits per heavy atom. The molecule has 3 aromatic rings. The maximum Gasteiger partial charge on any atom is 0.261 e. The van der Waals surface area contributed by atoms with Crippen LogP contribution in [0.15, 0.2) is 78.9 Å². The number of imide groups is 1. The van der Waals surface area contributed by atoms with E-state index in [1.165, 1.54) is 4.90 Å². The molecule has 1 heterocycles. The van der Waals surface area contributed by atoms with Crippen LogP contribution in [0.4, 0.5) is 0 Å². The van der Waals surface area contributed by atoms with Crippen molar-refractivity contribution in [3.05, 3.63) is 106 Å². The van der Waals surface area contributed by atoms with Gasteiger partial charge in [0.1, 0.15) is 6.04 Å². The summed E-state index contributed by atoms with van der Waals surface area (Å²) in [6.45, 7) is 2.74. The summed E-state index contributed by atoms with van der Waals surface area (Å²) >= 11 is 6.45. The van der Waals surface area contributed by atoms with Gasteiger partial charge in [-0.05, 0) is 42.2 Å². The van der Waals surface area contributed by atoms with Gasteiger partial charge in [-0.25, -0.2) is 0 Å². The summed E-state index contributed by atoms with van der Waals surface area (Å²) in [6, 6.07) is 22.8. The number of carbonyl (C=O) groups is 4. The van der Waals surface area contributed by atoms with Crippen LogP contribution in [-0.4, -0.2) is 52.6 Å². The first-order valence-corrected chi connectivity index (χ1v) is 13.6. The summed E-state index contributed by atoms with van der Waals surface area (Å²) in [5, 5.41) is 3.46. The lowest BCUT2D eigenvalue weighted by atomic mass is 10.0. The van der Waals surface area contributed by atoms with Crippen LogP contribution in [0, 0.1) is 0 Å². The van der Waals surface area contributed by atoms with Crippen molar-refractivity contribution in [2.45, 2.75) is 45.2 Å². The molecular weight excluding hydrogens is 514 g/mol. The minimum absolute atomic E-state index is 0.0597. The fourth-order valence-corrected chi connectivity index (χ4v) is 4.90. The topological polar surface area (TPSA) is 86.8 Å². The van der Waals surface area contributed by atoms with E-state index in [0.717, 1.165) is 17.5 Å². The first-order valence-electron chi connectivity index (χ1n) is 13.2. The number of hydrogen-bond donors (Lipinski definition) is 1. The average Bonchev–Trinajstić information content (AvgIpc) is 3.20. The van der Waals surface area contributed by atoms with Crippen LogP contribution in [0.3, 0.4) is 0 Å². The quantitative estimate of drug-likeness (QED) is 0.329. The number of amides is 4. The fourth-order valence-electron chi connectivity index (χ4n) is 4.70. The van der Waals surface area contributed by atoms with E-state index in [1.54, 1.807) is 35.2 Å². The smallest absolute Gasteiger partial charge is 0.261 e. The van der Waals surface area contributed by atoms with Gasteiger partial charge in [0.15, 0.2) is 0 Å². The van der Waals surface area contributed by atoms with E-state index in [-0.39, 0.29) is 49.6 Å². The first-order chi connectivity index (χ1) is 18.9. The van der Waals surface area contributed by atoms with Crippen LogP contribution < -0.4 is 5.32 Å². The van der Waals surface area contributed by atoms with Crippen LogP contribution in [-0.2, 0) is 22.6 Å². The Kier molecular flexibility index (Phi) is 9.49. The van der Waals surface area contributed by atoms with Crippen LogP contribution in [0.5, 0.6) is 0 Å². The van der Waals surface area contributed by atoms with E-state index in [9.17, 15) is 19.2 Å². The van der Waals surface area contributed by atoms with Crippen molar-refractivity contribution >= 4 is 35.2 Å². The lowest BCUT2D eigenvalue weighted by Crippen LogP contribution is -2.50. The highest BCUT2D eigenvalue weighted by molar-refractivity contribution is 6.31. The molecule has 0 aromatic heterocycles. The van der Waals surface area contributed by atoms with Crippen LogP contribution in [0.25, 0.3) is 0 Å². The molecule has 1 aliphatic rings. The third-order valence-electron chi connectivity index (χ3n) is 6.77. The minimum atomic E-state index is -0.762. The predicted octanol–water partition coefficient (Wildman–Crippen LogP) is 4.88. The Bertz CT molecular complexity index is 1310. The van der Waals surface area contributed by atoms with E-state index in [1.807, 2.05) is 55.5 Å². The molecule has 39 heavy (non-hydrogen) atoms. The largest absolute Gasteiger partial charge is 0.354 e. The molecule has 0 fully saturated rings. The van der Waals surface area contributed by atoms with Gasteiger partial charge in [-0.1, -0.05) is 79.2 Å². The molecular formula is C31H32ClN3O4. The van der Waals surface area contributed by atoms with Crippen LogP contribution in [0.1, 0.15) is 58.0 Å². The zero-order valence-corrected chi connectivity index (χ0v) is 22.7. The number of fused-ring (bicyclic) bond motifs is 1. The molecule has 1 N–H and O–H groups in total. The van der Waals surface area contributed by atoms with Gasteiger partial charge in [0.25, 0.3) is 11.8 Å². The van der Waals surface area contributed by atoms with Gasteiger partial charge >= 0.3 is 0 Å². The minimum Gasteiger partial charge on any atom is -0.354 e. The van der Waals surface area contributed by atoms with E-state index < -0.39 is 6.04 Å². The molecule has 4 amide bonds. The second-order valence-corrected chi connectivity index (χ2v) is 9.93. The number of halogens is 1. The molecule has 0 bridgehead atoms. The molecule has 7 nitrogen and oxygen atoms in total. The third-order valence-corrected chi connectivity index (χ3v) is 7.14. The zero-order valence-electron chi connectivity index (χ0n) is 21.9. The number of hydrogen-bond acceptors (Lipinski definition) is 4. The Labute approximate surface area is 233 Å². The maximum atomic E-state index is 13.7. The van der Waals surface area contributed by atoms with Gasteiger partial charge in [0, 0.05) is 37.5 Å². The molecule has 1 atom stereocenters. The number of carbonyl (C=O) groups excluding carboxylic acids is 4. The maximum absolute atomic E-state index is 13.7. The van der Waals surface area contributed by atoms with Crippen molar-refractivity contribution in [1.82, 2.24) is 15.1 Å². The number of nitrogens with zero attached hydrogens (tertiary/aromatic N) is 2. The normalized spacial score (nSPS) is 13.2. The Morgan fingerprint density at radius 1 is 0.897 bits per heavy atom. The van der Waals surface area contributed by atoms with Crippen molar-refractivity contribution in [1.29, 1.82) is 0 Å². The van der Waals surface area contributed by atoms with Crippen molar-refractivity contribution < 1.29 is 19.2 Å². The highest BCUT2D eigenvalue weighted by atomic mass is 35.5. The molecule has 0 unspecified atom stereocenters. The summed E-state index contributed by atoms with van der Waals surface area (Å²) in [5.74, 6) is -1.19. The molecule has 3 aromatic carbocycles. The average molecular weight is 546 g/mol. The fraction of sp³-hybridized carbons (Fsp3) is 0.290. The summed E-state index contributed by atoms with van der Waals surface area (Å²) in [5.41, 5.74) is 2.42. The van der Waals surface area contributed by atoms with Crippen molar-refractivity contribution in [2.75, 3.05) is 13.1 Å². The second kappa shape index (κ2) is 13.2. The van der Waals surface area contributed by atoms with Crippen LogP contribution in [0.2, 0.25) is 5.02 Å². The van der Waals surface area contributed by atoms with Gasteiger partial charge in [-0.3, -0.25) is 24.1 Å². The SMILES string of the molecule is CCCNC(=O)[C@@H](Cc1ccccc1)N(Cc1ccccc1Cl)C(=O)CCCN1C(=O)c2ccccc2C1=O. The van der Waals surface area contributed by atoms with Gasteiger partial charge in [-0.15, -0.1) is 0 Å². The molecule has 4 rings (SSSR count). The molecule has 0 radical (unpaired) electrons. The lowest BCUT2D eigenvalue weighted by molar-refractivity contribution is -0.141. The van der Waals surface area contributed by atoms with Gasteiger partial charge in [0.05, 0.1) is 11.1 Å². The van der Waals surface area contributed by atoms with Gasteiger partial charge in [-0.2, -0.15) is 0 Å². The third kappa shape index (κ3) is 6.73. The first kappa shape index (κ1) is 28.0. The number of nitrogens with one attached hydrogen (secondary N) is 1. The summed E-state index contributed by atoms with van der Waals surface area (Å²) in [6.07, 6.45) is 1.44. The molecule has 8 heteroatoms. The molecule has 0 aliphatic carbocycles. The predicted molar refractivity (Wildman–Crippen MR) is 150 cm³/mol. The lowest BCUT2D eigenvalue weighted by Gasteiger charge is -2.32. The van der Waals surface area contributed by atoms with E-state index in [2.05, 4.69) is 5.32 Å². The Hall–Kier alpha value is -3.97. The summed E-state index contributed by atoms with van der Waals surface area (Å²) in [4.78, 5) is 55.4.